The lowest BCUT2D eigenvalue weighted by atomic mass is 9.94. The van der Waals surface area contributed by atoms with Crippen molar-refractivity contribution in [3.8, 4) is 0 Å². The Kier molecular flexibility index (Phi) is 4.87. The lowest BCUT2D eigenvalue weighted by molar-refractivity contribution is 0.0823. The third kappa shape index (κ3) is 3.62. The highest BCUT2D eigenvalue weighted by molar-refractivity contribution is 5.33. The standard InChI is InChI=1S/C18H30N2/c1-6-8-16-11-19-18(4,5)13-20(16)12-17-14(2)9-7-10-15(17)3/h7,9-10,16,19H,6,8,11-13H2,1-5H3. The average molecular weight is 274 g/mol. The van der Waals surface area contributed by atoms with Crippen LogP contribution in [0.3, 0.4) is 0 Å². The number of rotatable bonds is 4. The molecule has 1 saturated heterocycles. The van der Waals surface area contributed by atoms with Crippen molar-refractivity contribution >= 4 is 0 Å². The van der Waals surface area contributed by atoms with Crippen LogP contribution in [-0.2, 0) is 6.54 Å². The second-order valence-corrected chi connectivity index (χ2v) is 6.98. The van der Waals surface area contributed by atoms with Crippen LogP contribution in [0.1, 0.15) is 50.3 Å². The van der Waals surface area contributed by atoms with E-state index in [0.29, 0.717) is 6.04 Å². The summed E-state index contributed by atoms with van der Waals surface area (Å²) >= 11 is 0. The lowest BCUT2D eigenvalue weighted by Gasteiger charge is -2.45. The molecule has 0 bridgehead atoms. The van der Waals surface area contributed by atoms with Gasteiger partial charge < -0.3 is 5.32 Å². The predicted octanol–water partition coefficient (Wildman–Crippen LogP) is 3.66. The van der Waals surface area contributed by atoms with Gasteiger partial charge in [-0.1, -0.05) is 31.5 Å². The zero-order chi connectivity index (χ0) is 14.8. The number of hydrogen-bond acceptors (Lipinski definition) is 2. The second kappa shape index (κ2) is 6.28. The van der Waals surface area contributed by atoms with E-state index in [1.807, 2.05) is 0 Å². The Morgan fingerprint density at radius 2 is 1.90 bits per heavy atom. The molecule has 1 aromatic carbocycles. The smallest absolute Gasteiger partial charge is 0.0253 e. The SMILES string of the molecule is CCCC1CNC(C)(C)CN1Cc1c(C)cccc1C. The van der Waals surface area contributed by atoms with Gasteiger partial charge in [0.2, 0.25) is 0 Å². The summed E-state index contributed by atoms with van der Waals surface area (Å²) in [5.41, 5.74) is 4.60. The molecule has 0 spiro atoms. The Labute approximate surface area is 124 Å². The molecule has 1 unspecified atom stereocenters. The van der Waals surface area contributed by atoms with E-state index in [-0.39, 0.29) is 5.54 Å². The van der Waals surface area contributed by atoms with Crippen molar-refractivity contribution in [2.24, 2.45) is 0 Å². The van der Waals surface area contributed by atoms with Crippen LogP contribution >= 0.6 is 0 Å². The molecule has 1 N–H and O–H groups in total. The van der Waals surface area contributed by atoms with E-state index in [1.54, 1.807) is 0 Å². The number of hydrogen-bond donors (Lipinski definition) is 1. The first-order valence-corrected chi connectivity index (χ1v) is 7.97. The van der Waals surface area contributed by atoms with Crippen LogP contribution in [0.2, 0.25) is 0 Å². The molecule has 1 aliphatic rings. The fraction of sp³-hybridized carbons (Fsp3) is 0.667. The number of nitrogens with one attached hydrogen (secondary N) is 1. The molecule has 1 heterocycles. The molecule has 1 atom stereocenters. The molecule has 2 heteroatoms. The molecule has 1 fully saturated rings. The third-order valence-corrected chi connectivity index (χ3v) is 4.56. The first kappa shape index (κ1) is 15.5. The molecule has 0 amide bonds. The van der Waals surface area contributed by atoms with Gasteiger partial charge in [-0.2, -0.15) is 0 Å². The van der Waals surface area contributed by atoms with Gasteiger partial charge in [0.25, 0.3) is 0 Å². The maximum atomic E-state index is 3.70. The number of piperazine rings is 1. The van der Waals surface area contributed by atoms with Crippen LogP contribution in [-0.4, -0.2) is 29.6 Å². The first-order valence-electron chi connectivity index (χ1n) is 7.97. The summed E-state index contributed by atoms with van der Waals surface area (Å²) < 4.78 is 0. The number of nitrogens with zero attached hydrogens (tertiary/aromatic N) is 1. The van der Waals surface area contributed by atoms with Crippen molar-refractivity contribution in [3.63, 3.8) is 0 Å². The van der Waals surface area contributed by atoms with E-state index in [9.17, 15) is 0 Å². The topological polar surface area (TPSA) is 15.3 Å². The summed E-state index contributed by atoms with van der Waals surface area (Å²) in [6, 6.07) is 7.32. The largest absolute Gasteiger partial charge is 0.309 e. The summed E-state index contributed by atoms with van der Waals surface area (Å²) in [6.07, 6.45) is 2.55. The van der Waals surface area contributed by atoms with Crippen molar-refractivity contribution in [3.05, 3.63) is 34.9 Å². The third-order valence-electron chi connectivity index (χ3n) is 4.56. The molecule has 2 rings (SSSR count). The number of benzene rings is 1. The van der Waals surface area contributed by atoms with Crippen molar-refractivity contribution in [1.29, 1.82) is 0 Å². The Balaban J connectivity index is 2.18. The minimum Gasteiger partial charge on any atom is -0.309 e. The highest BCUT2D eigenvalue weighted by Gasteiger charge is 2.32. The zero-order valence-corrected chi connectivity index (χ0v) is 13.8. The van der Waals surface area contributed by atoms with Gasteiger partial charge in [0.1, 0.15) is 0 Å². The molecule has 1 aromatic rings. The normalized spacial score (nSPS) is 22.9. The maximum absolute atomic E-state index is 3.70. The van der Waals surface area contributed by atoms with Gasteiger partial charge in [-0.15, -0.1) is 0 Å². The van der Waals surface area contributed by atoms with Crippen molar-refractivity contribution in [2.45, 2.75) is 65.6 Å². The van der Waals surface area contributed by atoms with Gasteiger partial charge in [0.15, 0.2) is 0 Å². The van der Waals surface area contributed by atoms with Crippen molar-refractivity contribution in [1.82, 2.24) is 10.2 Å². The molecular weight excluding hydrogens is 244 g/mol. The molecule has 2 nitrogen and oxygen atoms in total. The molecule has 0 aromatic heterocycles. The summed E-state index contributed by atoms with van der Waals surface area (Å²) in [5.74, 6) is 0. The number of aryl methyl sites for hydroxylation is 2. The van der Waals surface area contributed by atoms with Gasteiger partial charge in [-0.25, -0.2) is 0 Å². The van der Waals surface area contributed by atoms with Gasteiger partial charge in [0.05, 0.1) is 0 Å². The quantitative estimate of drug-likeness (QED) is 0.901. The van der Waals surface area contributed by atoms with E-state index < -0.39 is 0 Å². The van der Waals surface area contributed by atoms with E-state index in [2.05, 4.69) is 63.0 Å². The highest BCUT2D eigenvalue weighted by Crippen LogP contribution is 2.23. The molecule has 0 saturated carbocycles. The maximum Gasteiger partial charge on any atom is 0.0253 e. The molecular formula is C18H30N2. The molecule has 20 heavy (non-hydrogen) atoms. The van der Waals surface area contributed by atoms with Gasteiger partial charge >= 0.3 is 0 Å². The first-order chi connectivity index (χ1) is 9.43. The Bertz CT molecular complexity index is 430. The lowest BCUT2D eigenvalue weighted by Crippen LogP contribution is -2.61. The summed E-state index contributed by atoms with van der Waals surface area (Å²) in [6.45, 7) is 14.7. The molecule has 0 radical (unpaired) electrons. The van der Waals surface area contributed by atoms with Crippen LogP contribution in [0.15, 0.2) is 18.2 Å². The summed E-state index contributed by atoms with van der Waals surface area (Å²) in [7, 11) is 0. The fourth-order valence-electron chi connectivity index (χ4n) is 3.32. The minimum atomic E-state index is 0.223. The van der Waals surface area contributed by atoms with Crippen LogP contribution in [0.5, 0.6) is 0 Å². The minimum absolute atomic E-state index is 0.223. The van der Waals surface area contributed by atoms with Gasteiger partial charge in [-0.3, -0.25) is 4.90 Å². The van der Waals surface area contributed by atoms with E-state index in [1.165, 1.54) is 29.5 Å². The summed E-state index contributed by atoms with van der Waals surface area (Å²) in [4.78, 5) is 2.69. The van der Waals surface area contributed by atoms with E-state index in [4.69, 9.17) is 0 Å². The van der Waals surface area contributed by atoms with Crippen LogP contribution in [0.25, 0.3) is 0 Å². The van der Waals surface area contributed by atoms with Gasteiger partial charge in [-0.05, 0) is 50.8 Å². The monoisotopic (exact) mass is 274 g/mol. The van der Waals surface area contributed by atoms with Crippen LogP contribution in [0.4, 0.5) is 0 Å². The molecule has 112 valence electrons. The zero-order valence-electron chi connectivity index (χ0n) is 13.8. The Morgan fingerprint density at radius 1 is 1.25 bits per heavy atom. The van der Waals surface area contributed by atoms with Crippen LogP contribution < -0.4 is 5.32 Å². The van der Waals surface area contributed by atoms with Crippen LogP contribution in [0, 0.1) is 13.8 Å². The van der Waals surface area contributed by atoms with Crippen molar-refractivity contribution < 1.29 is 0 Å². The average Bonchev–Trinajstić information content (AvgIpc) is 2.37. The molecule has 0 aliphatic carbocycles. The highest BCUT2D eigenvalue weighted by atomic mass is 15.2. The second-order valence-electron chi connectivity index (χ2n) is 6.98. The van der Waals surface area contributed by atoms with Gasteiger partial charge in [0, 0.05) is 31.2 Å². The predicted molar refractivity (Wildman–Crippen MR) is 87.1 cm³/mol. The Morgan fingerprint density at radius 3 is 2.50 bits per heavy atom. The molecule has 1 aliphatic heterocycles. The Hall–Kier alpha value is -0.860. The fourth-order valence-corrected chi connectivity index (χ4v) is 3.32. The summed E-state index contributed by atoms with van der Waals surface area (Å²) in [5, 5.41) is 3.70. The van der Waals surface area contributed by atoms with Crippen molar-refractivity contribution in [2.75, 3.05) is 13.1 Å². The van der Waals surface area contributed by atoms with E-state index in [0.717, 1.165) is 19.6 Å². The van der Waals surface area contributed by atoms with E-state index >= 15 is 0 Å².